The van der Waals surface area contributed by atoms with Crippen LogP contribution in [0.25, 0.3) is 10.6 Å². The van der Waals surface area contributed by atoms with Gasteiger partial charge in [0.15, 0.2) is 0 Å². The maximum absolute atomic E-state index is 5.72. The molecule has 0 fully saturated rings. The van der Waals surface area contributed by atoms with Gasteiger partial charge in [-0.2, -0.15) is 0 Å². The van der Waals surface area contributed by atoms with E-state index < -0.39 is 0 Å². The molecule has 0 radical (unpaired) electrons. The molecule has 3 rings (SSSR count). The zero-order valence-electron chi connectivity index (χ0n) is 13.9. The van der Waals surface area contributed by atoms with E-state index in [0.717, 1.165) is 26.9 Å². The number of nitrogens with two attached hydrogens (primary N) is 2. The van der Waals surface area contributed by atoms with Crippen LogP contribution in [-0.2, 0) is 6.42 Å². The van der Waals surface area contributed by atoms with Gasteiger partial charge in [0, 0.05) is 29.2 Å². The molecule has 0 amide bonds. The predicted molar refractivity (Wildman–Crippen MR) is 106 cm³/mol. The fourth-order valence-corrected chi connectivity index (χ4v) is 2.89. The molecular formula is C18H20ClN5S. The molecule has 3 aromatic rings. The van der Waals surface area contributed by atoms with Crippen molar-refractivity contribution in [3.63, 3.8) is 0 Å². The van der Waals surface area contributed by atoms with Gasteiger partial charge in [-0.1, -0.05) is 30.7 Å². The van der Waals surface area contributed by atoms with E-state index in [1.165, 1.54) is 16.9 Å². The molecule has 0 aliphatic heterocycles. The van der Waals surface area contributed by atoms with Gasteiger partial charge in [-0.05, 0) is 36.2 Å². The van der Waals surface area contributed by atoms with Gasteiger partial charge in [0.1, 0.15) is 10.8 Å². The second-order valence-electron chi connectivity index (χ2n) is 4.97. The van der Waals surface area contributed by atoms with Crippen molar-refractivity contribution in [3.05, 3.63) is 70.5 Å². The van der Waals surface area contributed by atoms with Gasteiger partial charge < -0.3 is 11.5 Å². The molecular weight excluding hydrogens is 354 g/mol. The van der Waals surface area contributed by atoms with Crippen molar-refractivity contribution in [2.24, 2.45) is 16.5 Å². The van der Waals surface area contributed by atoms with Crippen LogP contribution >= 0.6 is 22.9 Å². The molecule has 0 saturated carbocycles. The minimum Gasteiger partial charge on any atom is -0.383 e. The van der Waals surface area contributed by atoms with Crippen molar-refractivity contribution in [1.29, 1.82) is 0 Å². The third kappa shape index (κ3) is 5.94. The molecule has 4 N–H and O–H groups in total. The fraction of sp³-hybridized carbons (Fsp3) is 0.167. The molecule has 130 valence electrons. The Bertz CT molecular complexity index is 800. The highest BCUT2D eigenvalue weighted by Crippen LogP contribution is 2.24. The van der Waals surface area contributed by atoms with Crippen molar-refractivity contribution in [1.82, 2.24) is 9.97 Å². The van der Waals surface area contributed by atoms with Crippen molar-refractivity contribution in [2.45, 2.75) is 13.3 Å². The molecule has 25 heavy (non-hydrogen) atoms. The highest BCUT2D eigenvalue weighted by molar-refractivity contribution is 7.17. The summed E-state index contributed by atoms with van der Waals surface area (Å²) in [6, 6.07) is 11.7. The normalized spacial score (nSPS) is 10.9. The number of pyridine rings is 1. The number of nitrogens with zero attached hydrogens (tertiary/aromatic N) is 3. The highest BCUT2D eigenvalue weighted by Gasteiger charge is 2.06. The standard InChI is InChI=1S/C10H11N5S.C8H9Cl/c11-6-15-9(12)8-5-14-10(16-8)7-1-3-13-4-2-7;1-2-7-3-5-8(9)6-4-7/h1-5H,6,11H2,(H2,12,15);3-6H,2H2,1H3. The number of aliphatic imine (C=N–C) groups is 1. The van der Waals surface area contributed by atoms with E-state index in [1.54, 1.807) is 18.6 Å². The summed E-state index contributed by atoms with van der Waals surface area (Å²) in [7, 11) is 0. The fourth-order valence-electron chi connectivity index (χ4n) is 1.92. The predicted octanol–water partition coefficient (Wildman–Crippen LogP) is 3.73. The molecule has 0 spiro atoms. The summed E-state index contributed by atoms with van der Waals surface area (Å²) in [5.74, 6) is 0.431. The average molecular weight is 374 g/mol. The molecule has 7 heteroatoms. The summed E-state index contributed by atoms with van der Waals surface area (Å²) in [6.07, 6.45) is 6.24. The van der Waals surface area contributed by atoms with Crippen molar-refractivity contribution < 1.29 is 0 Å². The summed E-state index contributed by atoms with van der Waals surface area (Å²) in [5.41, 5.74) is 13.4. The summed E-state index contributed by atoms with van der Waals surface area (Å²) in [5, 5.41) is 1.71. The first-order valence-electron chi connectivity index (χ1n) is 7.75. The molecule has 1 aromatic carbocycles. The molecule has 0 aliphatic carbocycles. The van der Waals surface area contributed by atoms with Crippen LogP contribution in [0.2, 0.25) is 5.02 Å². The number of hydrogen-bond donors (Lipinski definition) is 2. The van der Waals surface area contributed by atoms with Crippen molar-refractivity contribution in [2.75, 3.05) is 6.67 Å². The molecule has 0 unspecified atom stereocenters. The minimum atomic E-state index is 0.189. The highest BCUT2D eigenvalue weighted by atomic mass is 35.5. The Labute approximate surface area is 156 Å². The lowest BCUT2D eigenvalue weighted by atomic mass is 10.2. The van der Waals surface area contributed by atoms with Crippen molar-refractivity contribution in [3.8, 4) is 10.6 Å². The third-order valence-electron chi connectivity index (χ3n) is 3.27. The summed E-state index contributed by atoms with van der Waals surface area (Å²) >= 11 is 7.15. The van der Waals surface area contributed by atoms with E-state index in [2.05, 4.69) is 21.9 Å². The van der Waals surface area contributed by atoms with Crippen LogP contribution in [0.4, 0.5) is 0 Å². The quantitative estimate of drug-likeness (QED) is 0.538. The van der Waals surface area contributed by atoms with Crippen LogP contribution < -0.4 is 11.5 Å². The second-order valence-corrected chi connectivity index (χ2v) is 6.44. The lowest BCUT2D eigenvalue weighted by Crippen LogP contribution is -2.14. The van der Waals surface area contributed by atoms with Crippen LogP contribution in [0.3, 0.4) is 0 Å². The van der Waals surface area contributed by atoms with Gasteiger partial charge in [-0.25, -0.2) is 4.98 Å². The number of aryl methyl sites for hydroxylation is 1. The van der Waals surface area contributed by atoms with E-state index in [1.807, 2.05) is 36.4 Å². The number of benzene rings is 1. The first-order valence-corrected chi connectivity index (χ1v) is 8.94. The number of halogens is 1. The van der Waals surface area contributed by atoms with E-state index >= 15 is 0 Å². The summed E-state index contributed by atoms with van der Waals surface area (Å²) < 4.78 is 0. The number of amidine groups is 1. The van der Waals surface area contributed by atoms with Crippen LogP contribution in [0.1, 0.15) is 17.4 Å². The van der Waals surface area contributed by atoms with Gasteiger partial charge >= 0.3 is 0 Å². The van der Waals surface area contributed by atoms with Crippen LogP contribution in [0.5, 0.6) is 0 Å². The number of thiazole rings is 1. The second kappa shape index (κ2) is 9.88. The summed E-state index contributed by atoms with van der Waals surface area (Å²) in [6.45, 7) is 2.32. The Morgan fingerprint density at radius 2 is 1.84 bits per heavy atom. The molecule has 0 bridgehead atoms. The van der Waals surface area contributed by atoms with E-state index in [0.29, 0.717) is 5.84 Å². The zero-order chi connectivity index (χ0) is 18.1. The Morgan fingerprint density at radius 1 is 1.16 bits per heavy atom. The van der Waals surface area contributed by atoms with E-state index in [-0.39, 0.29) is 6.67 Å². The Morgan fingerprint density at radius 3 is 2.44 bits per heavy atom. The smallest absolute Gasteiger partial charge is 0.138 e. The van der Waals surface area contributed by atoms with Gasteiger partial charge in [0.25, 0.3) is 0 Å². The first kappa shape index (κ1) is 19.1. The monoisotopic (exact) mass is 373 g/mol. The maximum atomic E-state index is 5.72. The molecule has 2 aromatic heterocycles. The van der Waals surface area contributed by atoms with Gasteiger partial charge in [0.05, 0.1) is 11.5 Å². The van der Waals surface area contributed by atoms with Gasteiger partial charge in [-0.15, -0.1) is 11.3 Å². The Balaban J connectivity index is 0.000000212. The SMILES string of the molecule is CCc1ccc(Cl)cc1.NC/N=C(\N)c1cnc(-c2ccncc2)s1. The zero-order valence-corrected chi connectivity index (χ0v) is 15.5. The minimum absolute atomic E-state index is 0.189. The molecule has 5 nitrogen and oxygen atoms in total. The van der Waals surface area contributed by atoms with Crippen LogP contribution in [-0.4, -0.2) is 22.5 Å². The number of aromatic nitrogens is 2. The number of rotatable bonds is 4. The molecule has 2 heterocycles. The topological polar surface area (TPSA) is 90.2 Å². The lowest BCUT2D eigenvalue weighted by Gasteiger charge is -1.94. The third-order valence-corrected chi connectivity index (χ3v) is 4.59. The Hall–Kier alpha value is -2.28. The van der Waals surface area contributed by atoms with Crippen LogP contribution in [0, 0.1) is 0 Å². The Kier molecular flexibility index (Phi) is 7.53. The first-order chi connectivity index (χ1) is 12.1. The largest absolute Gasteiger partial charge is 0.383 e. The molecule has 0 aliphatic rings. The number of hydrogen-bond acceptors (Lipinski definition) is 5. The molecule has 0 saturated heterocycles. The van der Waals surface area contributed by atoms with E-state index in [4.69, 9.17) is 23.1 Å². The lowest BCUT2D eigenvalue weighted by molar-refractivity contribution is 1.06. The van der Waals surface area contributed by atoms with E-state index in [9.17, 15) is 0 Å². The van der Waals surface area contributed by atoms with Crippen molar-refractivity contribution >= 4 is 28.8 Å². The van der Waals surface area contributed by atoms with Gasteiger partial charge in [0.2, 0.25) is 0 Å². The summed E-state index contributed by atoms with van der Waals surface area (Å²) in [4.78, 5) is 13.0. The maximum Gasteiger partial charge on any atom is 0.138 e. The average Bonchev–Trinajstić information content (AvgIpc) is 3.14. The molecule has 0 atom stereocenters. The van der Waals surface area contributed by atoms with Crippen LogP contribution in [0.15, 0.2) is 60.0 Å². The van der Waals surface area contributed by atoms with Gasteiger partial charge in [-0.3, -0.25) is 9.98 Å².